The lowest BCUT2D eigenvalue weighted by Crippen LogP contribution is -2.30. The summed E-state index contributed by atoms with van der Waals surface area (Å²) in [5.41, 5.74) is 2.03. The van der Waals surface area contributed by atoms with Crippen molar-refractivity contribution in [3.63, 3.8) is 0 Å². The molecule has 0 spiro atoms. The molecule has 2 aromatic heterocycles. The molecule has 9 nitrogen and oxygen atoms in total. The Morgan fingerprint density at radius 1 is 1.39 bits per heavy atom. The summed E-state index contributed by atoms with van der Waals surface area (Å²) in [5, 5.41) is 20.9. The van der Waals surface area contributed by atoms with Crippen LogP contribution in [0, 0.1) is 18.3 Å². The van der Waals surface area contributed by atoms with Gasteiger partial charge in [0.2, 0.25) is 5.91 Å². The second kappa shape index (κ2) is 9.71. The number of carbonyl (C=O) groups excluding carboxylic acids is 1. The molecule has 0 aliphatic carbocycles. The number of aryl methyl sites for hydroxylation is 1. The third kappa shape index (κ3) is 5.13. The maximum atomic E-state index is 12.4. The zero-order valence-electron chi connectivity index (χ0n) is 19.0. The molecule has 1 aliphatic heterocycles. The van der Waals surface area contributed by atoms with Gasteiger partial charge in [0, 0.05) is 44.0 Å². The number of nitrogens with zero attached hydrogens (tertiary/aromatic N) is 5. The van der Waals surface area contributed by atoms with Gasteiger partial charge in [0.05, 0.1) is 5.56 Å². The molecule has 0 saturated carbocycles. The Labute approximate surface area is 192 Å². The molecule has 33 heavy (non-hydrogen) atoms. The van der Waals surface area contributed by atoms with E-state index in [1.54, 1.807) is 30.5 Å². The number of carbonyl (C=O) groups is 1. The highest BCUT2D eigenvalue weighted by atomic mass is 16.5. The molecular weight excluding hydrogens is 418 g/mol. The van der Waals surface area contributed by atoms with Crippen molar-refractivity contribution in [3.05, 3.63) is 53.7 Å². The number of aromatic amines is 1. The van der Waals surface area contributed by atoms with Gasteiger partial charge >= 0.3 is 0 Å². The summed E-state index contributed by atoms with van der Waals surface area (Å²) in [4.78, 5) is 20.6. The number of nitrogens with one attached hydrogen (secondary N) is 2. The van der Waals surface area contributed by atoms with Gasteiger partial charge < -0.3 is 19.9 Å². The molecular formula is C24H27N7O2. The first-order valence-corrected chi connectivity index (χ1v) is 10.8. The SMILES string of the molecule is Cc1ccc(Oc2ccnc3[nH]nc(N[C@@H]4CCN(C(=O)/C=C/CN(C)C)C4)c23)c(C#N)c1. The van der Waals surface area contributed by atoms with Gasteiger partial charge in [-0.15, -0.1) is 0 Å². The number of hydrogen-bond donors (Lipinski definition) is 2. The van der Waals surface area contributed by atoms with Gasteiger partial charge in [-0.25, -0.2) is 4.98 Å². The van der Waals surface area contributed by atoms with Crippen LogP contribution in [-0.4, -0.2) is 70.7 Å². The minimum Gasteiger partial charge on any atom is -0.455 e. The first-order chi connectivity index (χ1) is 15.9. The molecule has 9 heteroatoms. The standard InChI is InChI=1S/C24H27N7O2/c1-16-6-7-19(17(13-16)14-25)33-20-8-10-26-23-22(20)24(29-28-23)27-18-9-12-31(15-18)21(32)5-4-11-30(2)3/h4-8,10,13,18H,9,11-12,15H2,1-3H3,(H2,26,27,28,29)/b5-4+/t18-/m1/s1. The van der Waals surface area contributed by atoms with E-state index in [1.165, 1.54) is 0 Å². The van der Waals surface area contributed by atoms with Crippen LogP contribution in [0.15, 0.2) is 42.6 Å². The number of H-pyrrole nitrogens is 1. The number of anilines is 1. The van der Waals surface area contributed by atoms with E-state index in [9.17, 15) is 10.1 Å². The van der Waals surface area contributed by atoms with Crippen molar-refractivity contribution in [1.82, 2.24) is 25.0 Å². The fourth-order valence-electron chi connectivity index (χ4n) is 3.79. The zero-order chi connectivity index (χ0) is 23.4. The molecule has 1 atom stereocenters. The molecule has 1 saturated heterocycles. The van der Waals surface area contributed by atoms with Gasteiger partial charge in [-0.3, -0.25) is 9.89 Å². The van der Waals surface area contributed by atoms with Crippen molar-refractivity contribution in [2.24, 2.45) is 0 Å². The highest BCUT2D eigenvalue weighted by Gasteiger charge is 2.26. The van der Waals surface area contributed by atoms with Gasteiger partial charge in [0.1, 0.15) is 23.0 Å². The fourth-order valence-corrected chi connectivity index (χ4v) is 3.79. The predicted molar refractivity (Wildman–Crippen MR) is 126 cm³/mol. The van der Waals surface area contributed by atoms with Crippen LogP contribution in [0.3, 0.4) is 0 Å². The topological polar surface area (TPSA) is 110 Å². The molecule has 0 bridgehead atoms. The van der Waals surface area contributed by atoms with E-state index in [1.807, 2.05) is 43.0 Å². The van der Waals surface area contributed by atoms with E-state index in [0.717, 1.165) is 18.5 Å². The molecule has 170 valence electrons. The Hall–Kier alpha value is -3.90. The minimum absolute atomic E-state index is 0.0159. The number of likely N-dealkylation sites (N-methyl/N-ethyl adjacent to an activating group) is 1. The van der Waals surface area contributed by atoms with Gasteiger partial charge in [-0.1, -0.05) is 12.1 Å². The Morgan fingerprint density at radius 2 is 2.24 bits per heavy atom. The van der Waals surface area contributed by atoms with E-state index >= 15 is 0 Å². The van der Waals surface area contributed by atoms with Crippen LogP contribution in [-0.2, 0) is 4.79 Å². The van der Waals surface area contributed by atoms with Gasteiger partial charge in [-0.2, -0.15) is 10.4 Å². The predicted octanol–water partition coefficient (Wildman–Crippen LogP) is 3.06. The van der Waals surface area contributed by atoms with E-state index in [-0.39, 0.29) is 11.9 Å². The minimum atomic E-state index is 0.0159. The molecule has 3 heterocycles. The Kier molecular flexibility index (Phi) is 6.56. The maximum absolute atomic E-state index is 12.4. The van der Waals surface area contributed by atoms with Crippen LogP contribution >= 0.6 is 0 Å². The number of pyridine rings is 1. The molecule has 1 amide bonds. The first kappa shape index (κ1) is 22.3. The number of fused-ring (bicyclic) bond motifs is 1. The van der Waals surface area contributed by atoms with Crippen LogP contribution < -0.4 is 10.1 Å². The monoisotopic (exact) mass is 445 g/mol. The van der Waals surface area contributed by atoms with Crippen LogP contribution in [0.5, 0.6) is 11.5 Å². The lowest BCUT2D eigenvalue weighted by atomic mass is 10.1. The summed E-state index contributed by atoms with van der Waals surface area (Å²) in [6.07, 6.45) is 5.96. The summed E-state index contributed by atoms with van der Waals surface area (Å²) < 4.78 is 6.11. The summed E-state index contributed by atoms with van der Waals surface area (Å²) in [6.45, 7) is 3.93. The van der Waals surface area contributed by atoms with Crippen molar-refractivity contribution in [2.75, 3.05) is 39.0 Å². The summed E-state index contributed by atoms with van der Waals surface area (Å²) >= 11 is 0. The van der Waals surface area contributed by atoms with Crippen LogP contribution in [0.2, 0.25) is 0 Å². The summed E-state index contributed by atoms with van der Waals surface area (Å²) in [5.74, 6) is 1.65. The molecule has 4 rings (SSSR count). The second-order valence-electron chi connectivity index (χ2n) is 8.40. The molecule has 3 aromatic rings. The van der Waals surface area contributed by atoms with Crippen LogP contribution in [0.25, 0.3) is 11.0 Å². The van der Waals surface area contributed by atoms with Crippen molar-refractivity contribution >= 4 is 22.8 Å². The lowest BCUT2D eigenvalue weighted by Gasteiger charge is -2.16. The summed E-state index contributed by atoms with van der Waals surface area (Å²) in [7, 11) is 3.93. The summed E-state index contributed by atoms with van der Waals surface area (Å²) in [6, 6.07) is 9.48. The molecule has 2 N–H and O–H groups in total. The van der Waals surface area contributed by atoms with Crippen molar-refractivity contribution in [2.45, 2.75) is 19.4 Å². The normalized spacial score (nSPS) is 16.0. The Bertz CT molecular complexity index is 1230. The lowest BCUT2D eigenvalue weighted by molar-refractivity contribution is -0.125. The average Bonchev–Trinajstić information content (AvgIpc) is 3.43. The van der Waals surface area contributed by atoms with Crippen LogP contribution in [0.1, 0.15) is 17.5 Å². The number of benzene rings is 1. The number of nitriles is 1. The smallest absolute Gasteiger partial charge is 0.246 e. The number of likely N-dealkylation sites (tertiary alicyclic amines) is 1. The van der Waals surface area contributed by atoms with Crippen molar-refractivity contribution in [1.29, 1.82) is 5.26 Å². The van der Waals surface area contributed by atoms with Gasteiger partial charge in [-0.05, 0) is 45.1 Å². The quantitative estimate of drug-likeness (QED) is 0.538. The molecule has 0 radical (unpaired) electrons. The second-order valence-corrected chi connectivity index (χ2v) is 8.40. The van der Waals surface area contributed by atoms with Crippen molar-refractivity contribution < 1.29 is 9.53 Å². The third-order valence-corrected chi connectivity index (χ3v) is 5.47. The third-order valence-electron chi connectivity index (χ3n) is 5.47. The largest absolute Gasteiger partial charge is 0.455 e. The van der Waals surface area contributed by atoms with E-state index in [4.69, 9.17) is 4.74 Å². The van der Waals surface area contributed by atoms with E-state index < -0.39 is 0 Å². The van der Waals surface area contributed by atoms with Crippen LogP contribution in [0.4, 0.5) is 5.82 Å². The maximum Gasteiger partial charge on any atom is 0.246 e. The number of amides is 1. The van der Waals surface area contributed by atoms with E-state index in [2.05, 4.69) is 26.6 Å². The first-order valence-electron chi connectivity index (χ1n) is 10.8. The zero-order valence-corrected chi connectivity index (χ0v) is 19.0. The van der Waals surface area contributed by atoms with Crippen molar-refractivity contribution in [3.8, 4) is 17.6 Å². The van der Waals surface area contributed by atoms with Gasteiger partial charge in [0.25, 0.3) is 0 Å². The molecule has 1 fully saturated rings. The Morgan fingerprint density at radius 3 is 3.03 bits per heavy atom. The highest BCUT2D eigenvalue weighted by molar-refractivity contribution is 5.93. The number of ether oxygens (including phenoxy) is 1. The molecule has 0 unspecified atom stereocenters. The highest BCUT2D eigenvalue weighted by Crippen LogP contribution is 2.34. The number of rotatable bonds is 7. The number of hydrogen-bond acceptors (Lipinski definition) is 7. The number of aromatic nitrogens is 3. The molecule has 1 aromatic carbocycles. The Balaban J connectivity index is 1.51. The van der Waals surface area contributed by atoms with Gasteiger partial charge in [0.15, 0.2) is 11.5 Å². The van der Waals surface area contributed by atoms with E-state index in [0.29, 0.717) is 47.0 Å². The average molecular weight is 446 g/mol. The fraction of sp³-hybridized carbons (Fsp3) is 0.333. The molecule has 1 aliphatic rings.